The Labute approximate surface area is 135 Å². The molecule has 102 valence electrons. The quantitative estimate of drug-likeness (QED) is 0.546. The molecule has 0 aliphatic carbocycles. The van der Waals surface area contributed by atoms with Crippen LogP contribution in [-0.4, -0.2) is 9.55 Å². The zero-order chi connectivity index (χ0) is 14.3. The number of halogens is 3. The highest BCUT2D eigenvalue weighted by Crippen LogP contribution is 2.29. The van der Waals surface area contributed by atoms with Gasteiger partial charge in [0.1, 0.15) is 5.82 Å². The summed E-state index contributed by atoms with van der Waals surface area (Å²) in [5, 5.41) is 0.687. The third kappa shape index (κ3) is 2.24. The van der Waals surface area contributed by atoms with Crippen molar-refractivity contribution in [3.63, 3.8) is 0 Å². The molecule has 0 radical (unpaired) electrons. The molecule has 0 bridgehead atoms. The third-order valence-electron chi connectivity index (χ3n) is 3.29. The van der Waals surface area contributed by atoms with Gasteiger partial charge in [-0.3, -0.25) is 4.57 Å². The van der Waals surface area contributed by atoms with E-state index in [2.05, 4.69) is 38.5 Å². The molecule has 0 fully saturated rings. The van der Waals surface area contributed by atoms with Gasteiger partial charge in [-0.2, -0.15) is 0 Å². The highest BCUT2D eigenvalue weighted by Gasteiger charge is 2.14. The fourth-order valence-electron chi connectivity index (χ4n) is 2.30. The lowest BCUT2D eigenvalue weighted by molar-refractivity contribution is 0.971. The van der Waals surface area contributed by atoms with Crippen molar-refractivity contribution < 1.29 is 0 Å². The summed E-state index contributed by atoms with van der Waals surface area (Å²) in [5.41, 5.74) is 4.05. The number of rotatable bonds is 2. The number of benzene rings is 2. The van der Waals surface area contributed by atoms with E-state index < -0.39 is 0 Å². The van der Waals surface area contributed by atoms with Crippen LogP contribution in [0.5, 0.6) is 0 Å². The number of hydrogen-bond donors (Lipinski definition) is 0. The Morgan fingerprint density at radius 1 is 1.25 bits per heavy atom. The van der Waals surface area contributed by atoms with E-state index in [9.17, 15) is 0 Å². The minimum absolute atomic E-state index is 0.345. The Morgan fingerprint density at radius 2 is 2.05 bits per heavy atom. The summed E-state index contributed by atoms with van der Waals surface area (Å²) in [6.45, 7) is 2.06. The van der Waals surface area contributed by atoms with Gasteiger partial charge in [0.25, 0.3) is 0 Å². The fraction of sp³-hybridized carbons (Fsp3) is 0.133. The van der Waals surface area contributed by atoms with Crippen molar-refractivity contribution in [3.05, 3.63) is 57.3 Å². The van der Waals surface area contributed by atoms with Crippen molar-refractivity contribution in [1.29, 1.82) is 0 Å². The van der Waals surface area contributed by atoms with Crippen LogP contribution >= 0.6 is 39.1 Å². The highest BCUT2D eigenvalue weighted by molar-refractivity contribution is 9.10. The molecule has 0 spiro atoms. The molecule has 0 N–H and O–H groups in total. The Kier molecular flexibility index (Phi) is 3.76. The van der Waals surface area contributed by atoms with E-state index in [1.165, 1.54) is 0 Å². The second-order valence-corrected chi connectivity index (χ2v) is 6.07. The van der Waals surface area contributed by atoms with Gasteiger partial charge in [0.15, 0.2) is 0 Å². The van der Waals surface area contributed by atoms with E-state index in [0.29, 0.717) is 10.9 Å². The number of nitrogens with zero attached hydrogens (tertiary/aromatic N) is 2. The molecule has 3 rings (SSSR count). The van der Waals surface area contributed by atoms with Crippen molar-refractivity contribution in [2.45, 2.75) is 12.8 Å². The van der Waals surface area contributed by atoms with Crippen molar-refractivity contribution in [2.75, 3.05) is 0 Å². The lowest BCUT2D eigenvalue weighted by atomic mass is 10.2. The molecule has 0 amide bonds. The Balaban J connectivity index is 2.39. The van der Waals surface area contributed by atoms with Crippen molar-refractivity contribution in [1.82, 2.24) is 9.55 Å². The molecule has 1 heterocycles. The maximum absolute atomic E-state index is 6.12. The lowest BCUT2D eigenvalue weighted by Gasteiger charge is -2.12. The topological polar surface area (TPSA) is 17.8 Å². The van der Waals surface area contributed by atoms with Crippen LogP contribution in [0.15, 0.2) is 40.9 Å². The van der Waals surface area contributed by atoms with Gasteiger partial charge in [0, 0.05) is 9.50 Å². The fourth-order valence-corrected chi connectivity index (χ4v) is 3.00. The van der Waals surface area contributed by atoms with Crippen LogP contribution in [0.4, 0.5) is 0 Å². The largest absolute Gasteiger partial charge is 0.295 e. The molecule has 1 aromatic heterocycles. The van der Waals surface area contributed by atoms with Crippen molar-refractivity contribution in [3.8, 4) is 5.69 Å². The summed E-state index contributed by atoms with van der Waals surface area (Å²) in [4.78, 5) is 4.58. The zero-order valence-electron chi connectivity index (χ0n) is 10.7. The van der Waals surface area contributed by atoms with Gasteiger partial charge in [0.2, 0.25) is 0 Å². The average molecular weight is 370 g/mol. The van der Waals surface area contributed by atoms with Crippen LogP contribution in [0.3, 0.4) is 0 Å². The van der Waals surface area contributed by atoms with Gasteiger partial charge < -0.3 is 0 Å². The van der Waals surface area contributed by atoms with Crippen molar-refractivity contribution >= 4 is 50.2 Å². The monoisotopic (exact) mass is 368 g/mol. The number of aromatic nitrogens is 2. The van der Waals surface area contributed by atoms with Gasteiger partial charge in [-0.05, 0) is 42.8 Å². The summed E-state index contributed by atoms with van der Waals surface area (Å²) >= 11 is 15.7. The molecule has 0 atom stereocenters. The van der Waals surface area contributed by atoms with Gasteiger partial charge in [-0.1, -0.05) is 33.6 Å². The summed E-state index contributed by atoms with van der Waals surface area (Å²) in [6, 6.07) is 11.7. The van der Waals surface area contributed by atoms with Gasteiger partial charge in [0.05, 0.1) is 22.6 Å². The molecule has 2 nitrogen and oxygen atoms in total. The van der Waals surface area contributed by atoms with Crippen molar-refractivity contribution in [2.24, 2.45) is 0 Å². The minimum atomic E-state index is 0.345. The normalized spacial score (nSPS) is 11.2. The molecular weight excluding hydrogens is 359 g/mol. The maximum atomic E-state index is 6.12. The molecule has 5 heteroatoms. The Bertz CT molecular complexity index is 796. The number of alkyl halides is 1. The smallest absolute Gasteiger partial charge is 0.129 e. The summed E-state index contributed by atoms with van der Waals surface area (Å²) < 4.78 is 3.12. The third-order valence-corrected chi connectivity index (χ3v) is 4.62. The van der Waals surface area contributed by atoms with Crippen LogP contribution in [-0.2, 0) is 5.88 Å². The Morgan fingerprint density at radius 3 is 2.80 bits per heavy atom. The standard InChI is InChI=1S/C15H11BrCl2N2/c1-9-11(16)3-2-4-13(9)20-14-7-10(18)5-6-12(14)19-15(20)8-17/h2-7H,8H2,1H3. The molecule has 0 saturated heterocycles. The average Bonchev–Trinajstić information content (AvgIpc) is 2.79. The van der Waals surface area contributed by atoms with Gasteiger partial charge in [-0.15, -0.1) is 11.6 Å². The number of hydrogen-bond acceptors (Lipinski definition) is 1. The summed E-state index contributed by atoms with van der Waals surface area (Å²) in [5.74, 6) is 1.16. The van der Waals surface area contributed by atoms with E-state index in [1.54, 1.807) is 0 Å². The number of imidazole rings is 1. The van der Waals surface area contributed by atoms with Gasteiger partial charge in [-0.25, -0.2) is 4.98 Å². The molecule has 0 saturated carbocycles. The molecule has 2 aromatic carbocycles. The predicted octanol–water partition coefficient (Wildman–Crippen LogP) is 5.49. The molecule has 0 aliphatic rings. The van der Waals surface area contributed by atoms with E-state index in [0.717, 1.165) is 32.6 Å². The lowest BCUT2D eigenvalue weighted by Crippen LogP contribution is -2.01. The highest BCUT2D eigenvalue weighted by atomic mass is 79.9. The first-order valence-electron chi connectivity index (χ1n) is 6.10. The SMILES string of the molecule is Cc1c(Br)cccc1-n1c(CCl)nc2ccc(Cl)cc21. The first kappa shape index (κ1) is 13.9. The maximum Gasteiger partial charge on any atom is 0.129 e. The van der Waals surface area contributed by atoms with Crippen LogP contribution in [0.25, 0.3) is 16.7 Å². The van der Waals surface area contributed by atoms with Crippen LogP contribution in [0.2, 0.25) is 5.02 Å². The molecule has 20 heavy (non-hydrogen) atoms. The second kappa shape index (κ2) is 5.40. The van der Waals surface area contributed by atoms with Crippen LogP contribution in [0.1, 0.15) is 11.4 Å². The van der Waals surface area contributed by atoms with Gasteiger partial charge >= 0.3 is 0 Å². The van der Waals surface area contributed by atoms with Crippen LogP contribution < -0.4 is 0 Å². The summed E-state index contributed by atoms with van der Waals surface area (Å²) in [7, 11) is 0. The van der Waals surface area contributed by atoms with E-state index in [1.807, 2.05) is 30.3 Å². The first-order valence-corrected chi connectivity index (χ1v) is 7.80. The summed E-state index contributed by atoms with van der Waals surface area (Å²) in [6.07, 6.45) is 0. The number of fused-ring (bicyclic) bond motifs is 1. The first-order chi connectivity index (χ1) is 9.61. The van der Waals surface area contributed by atoms with E-state index >= 15 is 0 Å². The van der Waals surface area contributed by atoms with Crippen LogP contribution in [0, 0.1) is 6.92 Å². The minimum Gasteiger partial charge on any atom is -0.295 e. The zero-order valence-corrected chi connectivity index (χ0v) is 13.8. The molecular formula is C15H11BrCl2N2. The molecule has 3 aromatic rings. The van der Waals surface area contributed by atoms with E-state index in [-0.39, 0.29) is 0 Å². The second-order valence-electron chi connectivity index (χ2n) is 4.51. The molecule has 0 unspecified atom stereocenters. The van der Waals surface area contributed by atoms with E-state index in [4.69, 9.17) is 23.2 Å². The molecule has 0 aliphatic heterocycles. The Hall–Kier alpha value is -1.03. The predicted molar refractivity (Wildman–Crippen MR) is 88.1 cm³/mol.